The first-order valence-electron chi connectivity index (χ1n) is 8.69. The molecule has 0 aliphatic rings. The summed E-state index contributed by atoms with van der Waals surface area (Å²) in [7, 11) is 3.20. The lowest BCUT2D eigenvalue weighted by molar-refractivity contribution is 0.0635. The van der Waals surface area contributed by atoms with Crippen LogP contribution in [-0.2, 0) is 11.3 Å². The molecule has 1 aromatic heterocycles. The van der Waals surface area contributed by atoms with Gasteiger partial charge in [0.05, 0.1) is 24.3 Å². The predicted molar refractivity (Wildman–Crippen MR) is 110 cm³/mol. The molecule has 0 fully saturated rings. The van der Waals surface area contributed by atoms with Gasteiger partial charge < -0.3 is 19.7 Å². The Kier molecular flexibility index (Phi) is 6.85. The summed E-state index contributed by atoms with van der Waals surface area (Å²) in [5, 5.41) is 6.41. The number of urea groups is 1. The van der Waals surface area contributed by atoms with Crippen molar-refractivity contribution in [3.63, 3.8) is 0 Å². The molecule has 0 saturated carbocycles. The standard InChI is InChI=1S/C19H26N4O4S/c1-12-20-10-14(28-12)11-23(5)17(24)21-13-7-8-16(26-6)15(9-13)22-18(25)27-19(2,3)4/h7-10H,11H2,1-6H3,(H,21,24)(H,22,25). The van der Waals surface area contributed by atoms with Crippen molar-refractivity contribution >= 4 is 34.8 Å². The molecule has 0 radical (unpaired) electrons. The summed E-state index contributed by atoms with van der Waals surface area (Å²) in [5.74, 6) is 0.456. The minimum absolute atomic E-state index is 0.278. The van der Waals surface area contributed by atoms with Crippen LogP contribution in [0.1, 0.15) is 30.7 Å². The van der Waals surface area contributed by atoms with E-state index in [0.717, 1.165) is 9.88 Å². The second-order valence-corrected chi connectivity index (χ2v) is 8.49. The molecular formula is C19H26N4O4S. The maximum Gasteiger partial charge on any atom is 0.412 e. The Bertz CT molecular complexity index is 845. The van der Waals surface area contributed by atoms with Crippen molar-refractivity contribution in [3.8, 4) is 5.75 Å². The van der Waals surface area contributed by atoms with Gasteiger partial charge in [0.2, 0.25) is 0 Å². The molecule has 0 aliphatic heterocycles. The van der Waals surface area contributed by atoms with E-state index in [2.05, 4.69) is 15.6 Å². The van der Waals surface area contributed by atoms with Gasteiger partial charge in [-0.15, -0.1) is 11.3 Å². The predicted octanol–water partition coefficient (Wildman–Crippen LogP) is 4.47. The zero-order chi connectivity index (χ0) is 20.9. The van der Waals surface area contributed by atoms with Crippen molar-refractivity contribution in [2.75, 3.05) is 24.8 Å². The van der Waals surface area contributed by atoms with Crippen LogP contribution in [0.25, 0.3) is 0 Å². The quantitative estimate of drug-likeness (QED) is 0.764. The van der Waals surface area contributed by atoms with E-state index in [4.69, 9.17) is 9.47 Å². The van der Waals surface area contributed by atoms with Crippen molar-refractivity contribution in [1.82, 2.24) is 9.88 Å². The Labute approximate surface area is 168 Å². The van der Waals surface area contributed by atoms with E-state index in [1.54, 1.807) is 68.5 Å². The second kappa shape index (κ2) is 8.92. The molecule has 28 heavy (non-hydrogen) atoms. The van der Waals surface area contributed by atoms with Gasteiger partial charge in [-0.2, -0.15) is 0 Å². The number of nitrogens with zero attached hydrogens (tertiary/aromatic N) is 2. The SMILES string of the molecule is COc1ccc(NC(=O)N(C)Cc2cnc(C)s2)cc1NC(=O)OC(C)(C)C. The number of aryl methyl sites for hydroxylation is 1. The molecule has 2 aromatic rings. The van der Waals surface area contributed by atoms with Crippen LogP contribution in [0, 0.1) is 6.92 Å². The van der Waals surface area contributed by atoms with E-state index >= 15 is 0 Å². The van der Waals surface area contributed by atoms with Crippen molar-refractivity contribution in [1.29, 1.82) is 0 Å². The molecule has 1 aromatic carbocycles. The number of methoxy groups -OCH3 is 1. The van der Waals surface area contributed by atoms with Crippen LogP contribution in [0.4, 0.5) is 21.0 Å². The molecular weight excluding hydrogens is 380 g/mol. The van der Waals surface area contributed by atoms with Crippen molar-refractivity contribution in [2.24, 2.45) is 0 Å². The Morgan fingerprint density at radius 3 is 2.54 bits per heavy atom. The first kappa shape index (κ1) is 21.5. The lowest BCUT2D eigenvalue weighted by atomic mass is 10.2. The third-order valence-corrected chi connectivity index (χ3v) is 4.39. The largest absolute Gasteiger partial charge is 0.495 e. The van der Waals surface area contributed by atoms with E-state index in [-0.39, 0.29) is 6.03 Å². The second-order valence-electron chi connectivity index (χ2n) is 7.17. The molecule has 0 unspecified atom stereocenters. The topological polar surface area (TPSA) is 92.8 Å². The number of hydrogen-bond donors (Lipinski definition) is 2. The first-order chi connectivity index (χ1) is 13.1. The number of aromatic nitrogens is 1. The number of benzene rings is 1. The molecule has 152 valence electrons. The van der Waals surface area contributed by atoms with Gasteiger partial charge in [-0.25, -0.2) is 14.6 Å². The molecule has 1 heterocycles. The number of thiazole rings is 1. The van der Waals surface area contributed by atoms with Gasteiger partial charge in [-0.3, -0.25) is 5.32 Å². The zero-order valence-corrected chi connectivity index (χ0v) is 17.8. The molecule has 9 heteroatoms. The minimum Gasteiger partial charge on any atom is -0.495 e. The number of rotatable bonds is 5. The number of carbonyl (C=O) groups is 2. The molecule has 2 rings (SSSR count). The summed E-state index contributed by atoms with van der Waals surface area (Å²) in [5.41, 5.74) is 0.292. The molecule has 0 aliphatic carbocycles. The summed E-state index contributed by atoms with van der Waals surface area (Å²) in [6.45, 7) is 7.71. The highest BCUT2D eigenvalue weighted by Crippen LogP contribution is 2.28. The Morgan fingerprint density at radius 1 is 1.25 bits per heavy atom. The number of nitrogens with one attached hydrogen (secondary N) is 2. The van der Waals surface area contributed by atoms with Crippen molar-refractivity contribution in [2.45, 2.75) is 39.8 Å². The van der Waals surface area contributed by atoms with Gasteiger partial charge >= 0.3 is 12.1 Å². The average Bonchev–Trinajstić information content (AvgIpc) is 2.98. The number of carbonyl (C=O) groups excluding carboxylic acids is 2. The Balaban J connectivity index is 2.06. The van der Waals surface area contributed by atoms with E-state index in [0.29, 0.717) is 23.7 Å². The van der Waals surface area contributed by atoms with Gasteiger partial charge in [0.1, 0.15) is 11.4 Å². The number of anilines is 2. The highest BCUT2D eigenvalue weighted by molar-refractivity contribution is 7.11. The summed E-state index contributed by atoms with van der Waals surface area (Å²) < 4.78 is 10.5. The van der Waals surface area contributed by atoms with Crippen molar-refractivity contribution in [3.05, 3.63) is 34.3 Å². The van der Waals surface area contributed by atoms with Gasteiger partial charge in [-0.1, -0.05) is 0 Å². The monoisotopic (exact) mass is 406 g/mol. The maximum absolute atomic E-state index is 12.5. The number of ether oxygens (including phenoxy) is 2. The van der Waals surface area contributed by atoms with Gasteiger partial charge in [0.15, 0.2) is 0 Å². The summed E-state index contributed by atoms with van der Waals surface area (Å²) in [6.07, 6.45) is 1.16. The third-order valence-electron chi connectivity index (χ3n) is 3.50. The highest BCUT2D eigenvalue weighted by Gasteiger charge is 2.18. The van der Waals surface area contributed by atoms with Crippen LogP contribution in [0.5, 0.6) is 5.75 Å². The fourth-order valence-corrected chi connectivity index (χ4v) is 3.15. The van der Waals surface area contributed by atoms with E-state index in [9.17, 15) is 9.59 Å². The van der Waals surface area contributed by atoms with Crippen LogP contribution in [0.2, 0.25) is 0 Å². The van der Waals surface area contributed by atoms with Crippen molar-refractivity contribution < 1.29 is 19.1 Å². The maximum atomic E-state index is 12.5. The summed E-state index contributed by atoms with van der Waals surface area (Å²) in [4.78, 5) is 31.3. The Hall–Kier alpha value is -2.81. The number of hydrogen-bond acceptors (Lipinski definition) is 6. The zero-order valence-electron chi connectivity index (χ0n) is 17.0. The van der Waals surface area contributed by atoms with Crippen LogP contribution < -0.4 is 15.4 Å². The fraction of sp³-hybridized carbons (Fsp3) is 0.421. The first-order valence-corrected chi connectivity index (χ1v) is 9.50. The molecule has 2 N–H and O–H groups in total. The highest BCUT2D eigenvalue weighted by atomic mass is 32.1. The summed E-state index contributed by atoms with van der Waals surface area (Å²) in [6, 6.07) is 4.70. The number of amides is 3. The van der Waals surface area contributed by atoms with E-state index in [1.165, 1.54) is 7.11 Å². The third kappa shape index (κ3) is 6.41. The van der Waals surface area contributed by atoms with E-state index in [1.807, 2.05) is 6.92 Å². The summed E-state index contributed by atoms with van der Waals surface area (Å²) >= 11 is 1.55. The van der Waals surface area contributed by atoms with Gasteiger partial charge in [-0.05, 0) is 45.9 Å². The molecule has 0 atom stereocenters. The van der Waals surface area contributed by atoms with Gasteiger partial charge in [0.25, 0.3) is 0 Å². The fourth-order valence-electron chi connectivity index (χ4n) is 2.30. The lowest BCUT2D eigenvalue weighted by Gasteiger charge is -2.21. The Morgan fingerprint density at radius 2 is 1.96 bits per heavy atom. The minimum atomic E-state index is -0.624. The molecule has 3 amide bonds. The van der Waals surface area contributed by atoms with Crippen LogP contribution in [0.15, 0.2) is 24.4 Å². The molecule has 0 spiro atoms. The van der Waals surface area contributed by atoms with Gasteiger partial charge in [0, 0.05) is 23.8 Å². The average molecular weight is 407 g/mol. The van der Waals surface area contributed by atoms with Crippen LogP contribution in [-0.4, -0.2) is 41.8 Å². The van der Waals surface area contributed by atoms with Crippen LogP contribution in [0.3, 0.4) is 0 Å². The smallest absolute Gasteiger partial charge is 0.412 e. The molecule has 0 saturated heterocycles. The van der Waals surface area contributed by atoms with Crippen LogP contribution >= 0.6 is 11.3 Å². The lowest BCUT2D eigenvalue weighted by Crippen LogP contribution is -2.30. The normalized spacial score (nSPS) is 10.9. The molecule has 8 nitrogen and oxygen atoms in total. The van der Waals surface area contributed by atoms with E-state index < -0.39 is 11.7 Å². The molecule has 0 bridgehead atoms.